The maximum atomic E-state index is 10.7. The smallest absolute Gasteiger partial charge is 0.306 e. The zero-order valence-corrected chi connectivity index (χ0v) is 5.06. The van der Waals surface area contributed by atoms with Crippen LogP contribution in [-0.4, -0.2) is 20.0 Å². The van der Waals surface area contributed by atoms with Gasteiger partial charge in [0.1, 0.15) is 5.69 Å². The van der Waals surface area contributed by atoms with Crippen molar-refractivity contribution in [2.75, 3.05) is 0 Å². The molecule has 2 N–H and O–H groups in total. The van der Waals surface area contributed by atoms with E-state index in [9.17, 15) is 4.79 Å². The first-order chi connectivity index (χ1) is 4.75. The predicted molar refractivity (Wildman–Crippen MR) is 31.6 cm³/mol. The highest BCUT2D eigenvalue weighted by Crippen LogP contribution is 1.81. The van der Waals surface area contributed by atoms with Gasteiger partial charge < -0.3 is 10.3 Å². The summed E-state index contributed by atoms with van der Waals surface area (Å²) in [5.41, 5.74) is -0.755. The molecule has 54 valence electrons. The highest BCUT2D eigenvalue weighted by Gasteiger charge is 1.99. The molecule has 0 bridgehead atoms. The van der Waals surface area contributed by atoms with Crippen molar-refractivity contribution in [2.45, 2.75) is 6.61 Å². The minimum Gasteiger partial charge on any atom is -0.425 e. The second-order valence-corrected chi connectivity index (χ2v) is 1.68. The summed E-state index contributed by atoms with van der Waals surface area (Å²) in [4.78, 5) is 14.2. The molecule has 0 amide bonds. The Balaban J connectivity index is 3.28. The quantitative estimate of drug-likeness (QED) is 0.492. The second kappa shape index (κ2) is 2.49. The van der Waals surface area contributed by atoms with Crippen molar-refractivity contribution in [3.8, 4) is 0 Å². The third kappa shape index (κ3) is 0.985. The van der Waals surface area contributed by atoms with Gasteiger partial charge in [0, 0.05) is 6.20 Å². The lowest BCUT2D eigenvalue weighted by molar-refractivity contribution is 0.168. The Bertz CT molecular complexity index is 280. The van der Waals surface area contributed by atoms with Crippen molar-refractivity contribution < 1.29 is 10.3 Å². The van der Waals surface area contributed by atoms with Crippen LogP contribution < -0.4 is 5.56 Å². The highest BCUT2D eigenvalue weighted by molar-refractivity contribution is 4.93. The molecule has 0 aliphatic carbocycles. The zero-order valence-electron chi connectivity index (χ0n) is 5.06. The van der Waals surface area contributed by atoms with E-state index in [0.29, 0.717) is 4.73 Å². The molecule has 0 aromatic carbocycles. The van der Waals surface area contributed by atoms with Gasteiger partial charge in [-0.15, -0.1) is 0 Å². The lowest BCUT2D eigenvalue weighted by atomic mass is 10.5. The van der Waals surface area contributed by atoms with E-state index >= 15 is 0 Å². The molecule has 0 radical (unpaired) electrons. The summed E-state index contributed by atoms with van der Waals surface area (Å²) < 4.78 is 0.374. The molecule has 0 fully saturated rings. The van der Waals surface area contributed by atoms with Gasteiger partial charge in [0.25, 0.3) is 0 Å². The van der Waals surface area contributed by atoms with Gasteiger partial charge in [0.15, 0.2) is 0 Å². The highest BCUT2D eigenvalue weighted by atomic mass is 16.5. The van der Waals surface area contributed by atoms with Gasteiger partial charge in [-0.2, -0.15) is 4.73 Å². The van der Waals surface area contributed by atoms with Crippen LogP contribution in [0.15, 0.2) is 17.2 Å². The molecule has 0 unspecified atom stereocenters. The lowest BCUT2D eigenvalue weighted by Gasteiger charge is -1.95. The lowest BCUT2D eigenvalue weighted by Crippen LogP contribution is -2.22. The average Bonchev–Trinajstić information content (AvgIpc) is 1.95. The fourth-order valence-electron chi connectivity index (χ4n) is 0.550. The van der Waals surface area contributed by atoms with Crippen LogP contribution >= 0.6 is 0 Å². The Morgan fingerprint density at radius 3 is 2.90 bits per heavy atom. The molecular weight excluding hydrogens is 136 g/mol. The SMILES string of the molecule is O=c1c(CO)nccn1O. The van der Waals surface area contributed by atoms with Crippen LogP contribution in [-0.2, 0) is 6.61 Å². The van der Waals surface area contributed by atoms with Crippen LogP contribution in [0, 0.1) is 0 Å². The molecule has 1 aromatic rings. The first-order valence-electron chi connectivity index (χ1n) is 2.62. The fraction of sp³-hybridized carbons (Fsp3) is 0.200. The Morgan fingerprint density at radius 2 is 2.40 bits per heavy atom. The molecule has 5 heteroatoms. The summed E-state index contributed by atoms with van der Waals surface area (Å²) in [6.45, 7) is -0.458. The van der Waals surface area contributed by atoms with Crippen molar-refractivity contribution in [2.24, 2.45) is 0 Å². The third-order valence-electron chi connectivity index (χ3n) is 1.04. The van der Waals surface area contributed by atoms with E-state index in [-0.39, 0.29) is 5.69 Å². The first kappa shape index (κ1) is 6.76. The van der Waals surface area contributed by atoms with Crippen molar-refractivity contribution in [3.63, 3.8) is 0 Å². The topological polar surface area (TPSA) is 75.3 Å². The Labute approximate surface area is 56.1 Å². The second-order valence-electron chi connectivity index (χ2n) is 1.68. The minimum absolute atomic E-state index is 0.0648. The van der Waals surface area contributed by atoms with Crippen LogP contribution in [0.5, 0.6) is 0 Å². The van der Waals surface area contributed by atoms with E-state index in [4.69, 9.17) is 10.3 Å². The summed E-state index contributed by atoms with van der Waals surface area (Å²) in [5.74, 6) is 0. The van der Waals surface area contributed by atoms with Gasteiger partial charge in [-0.05, 0) is 0 Å². The van der Waals surface area contributed by atoms with Gasteiger partial charge in [-0.3, -0.25) is 9.78 Å². The molecular formula is C5H6N2O3. The number of nitrogens with zero attached hydrogens (tertiary/aromatic N) is 2. The predicted octanol–water partition coefficient (Wildman–Crippen LogP) is -1.03. The standard InChI is InChI=1S/C5H6N2O3/c8-3-4-5(9)7(10)2-1-6-4/h1-2,8,10H,3H2. The maximum absolute atomic E-state index is 10.7. The summed E-state index contributed by atoms with van der Waals surface area (Å²) in [6, 6.07) is 0. The van der Waals surface area contributed by atoms with Crippen LogP contribution in [0.4, 0.5) is 0 Å². The Kier molecular flexibility index (Phi) is 1.68. The van der Waals surface area contributed by atoms with Gasteiger partial charge in [-0.25, -0.2) is 0 Å². The summed E-state index contributed by atoms with van der Waals surface area (Å²) in [7, 11) is 0. The van der Waals surface area contributed by atoms with Crippen molar-refractivity contribution in [1.29, 1.82) is 0 Å². The summed E-state index contributed by atoms with van der Waals surface area (Å²) >= 11 is 0. The number of aromatic nitrogens is 2. The van der Waals surface area contributed by atoms with Crippen LogP contribution in [0.25, 0.3) is 0 Å². The van der Waals surface area contributed by atoms with Crippen molar-refractivity contribution >= 4 is 0 Å². The fourth-order valence-corrected chi connectivity index (χ4v) is 0.550. The van der Waals surface area contributed by atoms with Crippen molar-refractivity contribution in [1.82, 2.24) is 9.71 Å². The minimum atomic E-state index is -0.690. The molecule has 1 heterocycles. The largest absolute Gasteiger partial charge is 0.425 e. The molecule has 0 aliphatic rings. The summed E-state index contributed by atoms with van der Waals surface area (Å²) in [5, 5.41) is 17.1. The molecule has 0 spiro atoms. The van der Waals surface area contributed by atoms with Crippen molar-refractivity contribution in [3.05, 3.63) is 28.4 Å². The van der Waals surface area contributed by atoms with Crippen LogP contribution in [0.2, 0.25) is 0 Å². The van der Waals surface area contributed by atoms with E-state index in [0.717, 1.165) is 6.20 Å². The number of aliphatic hydroxyl groups excluding tert-OH is 1. The first-order valence-corrected chi connectivity index (χ1v) is 2.62. The molecule has 5 nitrogen and oxygen atoms in total. The molecule has 10 heavy (non-hydrogen) atoms. The molecule has 0 aliphatic heterocycles. The number of hydrogen-bond donors (Lipinski definition) is 2. The van der Waals surface area contributed by atoms with E-state index in [1.165, 1.54) is 6.20 Å². The normalized spacial score (nSPS) is 9.70. The molecule has 1 aromatic heterocycles. The Hall–Kier alpha value is -1.36. The van der Waals surface area contributed by atoms with E-state index in [1.807, 2.05) is 0 Å². The van der Waals surface area contributed by atoms with Crippen LogP contribution in [0.3, 0.4) is 0 Å². The molecule has 1 rings (SSSR count). The van der Waals surface area contributed by atoms with Crippen LogP contribution in [0.1, 0.15) is 5.69 Å². The number of aliphatic hydroxyl groups is 1. The monoisotopic (exact) mass is 142 g/mol. The number of hydrogen-bond acceptors (Lipinski definition) is 4. The average molecular weight is 142 g/mol. The maximum Gasteiger partial charge on any atom is 0.306 e. The molecule has 0 saturated heterocycles. The van der Waals surface area contributed by atoms with Gasteiger partial charge in [0.05, 0.1) is 12.8 Å². The van der Waals surface area contributed by atoms with Gasteiger partial charge in [-0.1, -0.05) is 0 Å². The zero-order chi connectivity index (χ0) is 7.56. The van der Waals surface area contributed by atoms with E-state index in [1.54, 1.807) is 0 Å². The molecule has 0 atom stereocenters. The van der Waals surface area contributed by atoms with E-state index in [2.05, 4.69) is 4.98 Å². The third-order valence-corrected chi connectivity index (χ3v) is 1.04. The summed E-state index contributed by atoms with van der Waals surface area (Å²) in [6.07, 6.45) is 2.33. The van der Waals surface area contributed by atoms with Gasteiger partial charge in [0.2, 0.25) is 0 Å². The van der Waals surface area contributed by atoms with Gasteiger partial charge >= 0.3 is 5.56 Å². The molecule has 0 saturated carbocycles. The Morgan fingerprint density at radius 1 is 1.70 bits per heavy atom. The van der Waals surface area contributed by atoms with E-state index < -0.39 is 12.2 Å². The number of rotatable bonds is 1.